The monoisotopic (exact) mass is 283 g/mol. The smallest absolute Gasteiger partial charge is 0.287 e. The summed E-state index contributed by atoms with van der Waals surface area (Å²) in [4.78, 5) is 12.1. The summed E-state index contributed by atoms with van der Waals surface area (Å²) in [7, 11) is 0. The van der Waals surface area contributed by atoms with Crippen LogP contribution in [0.4, 0.5) is 5.69 Å². The predicted octanol–water partition coefficient (Wildman–Crippen LogP) is 3.15. The lowest BCUT2D eigenvalue weighted by atomic mass is 10.1. The van der Waals surface area contributed by atoms with Gasteiger partial charge in [0.25, 0.3) is 5.56 Å². The van der Waals surface area contributed by atoms with Gasteiger partial charge in [0.1, 0.15) is 5.02 Å². The standard InChI is InChI=1S/C14H22ClN3O/c1-9(2)8-18-14(19)13(15)12(7-16-18)17-11-5-4-10(3)6-11/h7,9-11,17H,4-6,8H2,1-3H3. The number of rotatable bonds is 4. The van der Waals surface area contributed by atoms with Gasteiger partial charge in [-0.15, -0.1) is 0 Å². The first-order chi connectivity index (χ1) is 8.97. The fraction of sp³-hybridized carbons (Fsp3) is 0.714. The van der Waals surface area contributed by atoms with Gasteiger partial charge in [-0.3, -0.25) is 4.79 Å². The molecule has 0 aliphatic heterocycles. The highest BCUT2D eigenvalue weighted by Gasteiger charge is 2.22. The summed E-state index contributed by atoms with van der Waals surface area (Å²) in [6.07, 6.45) is 5.17. The van der Waals surface area contributed by atoms with Crippen LogP contribution in [-0.4, -0.2) is 15.8 Å². The van der Waals surface area contributed by atoms with Gasteiger partial charge in [0.05, 0.1) is 11.9 Å². The summed E-state index contributed by atoms with van der Waals surface area (Å²) in [6, 6.07) is 0.412. The first kappa shape index (κ1) is 14.4. The highest BCUT2D eigenvalue weighted by Crippen LogP contribution is 2.28. The van der Waals surface area contributed by atoms with Gasteiger partial charge >= 0.3 is 0 Å². The fourth-order valence-corrected chi connectivity index (χ4v) is 2.80. The van der Waals surface area contributed by atoms with Crippen molar-refractivity contribution in [2.75, 3.05) is 5.32 Å². The number of nitrogens with zero attached hydrogens (tertiary/aromatic N) is 2. The van der Waals surface area contributed by atoms with Crippen LogP contribution in [0, 0.1) is 11.8 Å². The number of aromatic nitrogens is 2. The Labute approximate surface area is 119 Å². The molecule has 1 fully saturated rings. The van der Waals surface area contributed by atoms with Crippen LogP contribution < -0.4 is 10.9 Å². The van der Waals surface area contributed by atoms with Crippen molar-refractivity contribution in [3.63, 3.8) is 0 Å². The van der Waals surface area contributed by atoms with E-state index in [1.165, 1.54) is 11.1 Å². The summed E-state index contributed by atoms with van der Waals surface area (Å²) in [5, 5.41) is 7.81. The molecule has 1 aromatic heterocycles. The number of anilines is 1. The molecule has 0 spiro atoms. The first-order valence-corrected chi connectivity index (χ1v) is 7.37. The van der Waals surface area contributed by atoms with Gasteiger partial charge in [0, 0.05) is 12.6 Å². The summed E-state index contributed by atoms with van der Waals surface area (Å²) >= 11 is 6.16. The molecule has 0 aromatic carbocycles. The van der Waals surface area contributed by atoms with Crippen molar-refractivity contribution in [2.24, 2.45) is 11.8 Å². The third-order valence-electron chi connectivity index (χ3n) is 3.58. The van der Waals surface area contributed by atoms with Crippen LogP contribution in [0.15, 0.2) is 11.0 Å². The molecule has 1 N–H and O–H groups in total. The van der Waals surface area contributed by atoms with Crippen LogP contribution in [0.2, 0.25) is 5.02 Å². The third-order valence-corrected chi connectivity index (χ3v) is 3.94. The number of hydrogen-bond acceptors (Lipinski definition) is 3. The molecule has 0 bridgehead atoms. The predicted molar refractivity (Wildman–Crippen MR) is 78.8 cm³/mol. The SMILES string of the molecule is CC(C)Cn1ncc(NC2CCC(C)C2)c(Cl)c1=O. The van der Waals surface area contributed by atoms with Crippen molar-refractivity contribution < 1.29 is 0 Å². The molecule has 1 aromatic rings. The van der Waals surface area contributed by atoms with Gasteiger partial charge in [-0.25, -0.2) is 4.68 Å². The highest BCUT2D eigenvalue weighted by atomic mass is 35.5. The van der Waals surface area contributed by atoms with E-state index in [2.05, 4.69) is 17.3 Å². The Kier molecular flexibility index (Phi) is 4.50. The van der Waals surface area contributed by atoms with Crippen LogP contribution >= 0.6 is 11.6 Å². The normalized spacial score (nSPS) is 23.0. The van der Waals surface area contributed by atoms with E-state index in [4.69, 9.17) is 11.6 Å². The second-order valence-corrected chi connectivity index (χ2v) is 6.39. The zero-order valence-electron chi connectivity index (χ0n) is 11.8. The number of hydrogen-bond donors (Lipinski definition) is 1. The number of halogens is 1. The van der Waals surface area contributed by atoms with E-state index in [1.54, 1.807) is 6.20 Å². The molecule has 1 aliphatic rings. The highest BCUT2D eigenvalue weighted by molar-refractivity contribution is 6.32. The average Bonchev–Trinajstić information content (AvgIpc) is 2.74. The van der Waals surface area contributed by atoms with Crippen LogP contribution in [0.3, 0.4) is 0 Å². The lowest BCUT2D eigenvalue weighted by Gasteiger charge is -2.16. The van der Waals surface area contributed by atoms with E-state index in [-0.39, 0.29) is 10.6 Å². The quantitative estimate of drug-likeness (QED) is 0.923. The van der Waals surface area contributed by atoms with E-state index in [1.807, 2.05) is 13.8 Å². The maximum absolute atomic E-state index is 12.1. The molecule has 1 aliphatic carbocycles. The minimum atomic E-state index is -0.202. The minimum Gasteiger partial charge on any atom is -0.380 e. The molecule has 2 rings (SSSR count). The Balaban J connectivity index is 2.14. The molecule has 106 valence electrons. The molecule has 1 saturated carbocycles. The molecule has 0 amide bonds. The summed E-state index contributed by atoms with van der Waals surface area (Å²) in [5.41, 5.74) is 0.470. The molecular weight excluding hydrogens is 262 g/mol. The molecule has 2 unspecified atom stereocenters. The molecule has 2 atom stereocenters. The molecular formula is C14H22ClN3O. The van der Waals surface area contributed by atoms with E-state index in [0.29, 0.717) is 24.2 Å². The molecule has 5 heteroatoms. The first-order valence-electron chi connectivity index (χ1n) is 6.99. The Morgan fingerprint density at radius 2 is 2.26 bits per heavy atom. The van der Waals surface area contributed by atoms with Crippen LogP contribution in [-0.2, 0) is 6.54 Å². The third kappa shape index (κ3) is 3.50. The molecule has 4 nitrogen and oxygen atoms in total. The Hall–Kier alpha value is -1.03. The number of nitrogens with one attached hydrogen (secondary N) is 1. The maximum atomic E-state index is 12.1. The Morgan fingerprint density at radius 3 is 2.84 bits per heavy atom. The fourth-order valence-electron chi connectivity index (χ4n) is 2.60. The van der Waals surface area contributed by atoms with Crippen LogP contribution in [0.1, 0.15) is 40.0 Å². The molecule has 1 heterocycles. The van der Waals surface area contributed by atoms with E-state index >= 15 is 0 Å². The summed E-state index contributed by atoms with van der Waals surface area (Å²) in [5.74, 6) is 1.11. The van der Waals surface area contributed by atoms with Crippen LogP contribution in [0.5, 0.6) is 0 Å². The molecule has 0 radical (unpaired) electrons. The Morgan fingerprint density at radius 1 is 1.53 bits per heavy atom. The second kappa shape index (κ2) is 5.95. The van der Waals surface area contributed by atoms with E-state index < -0.39 is 0 Å². The van der Waals surface area contributed by atoms with Crippen molar-refractivity contribution in [2.45, 2.75) is 52.6 Å². The zero-order chi connectivity index (χ0) is 14.0. The van der Waals surface area contributed by atoms with E-state index in [9.17, 15) is 4.79 Å². The maximum Gasteiger partial charge on any atom is 0.287 e. The second-order valence-electron chi connectivity index (χ2n) is 6.01. The largest absolute Gasteiger partial charge is 0.380 e. The topological polar surface area (TPSA) is 46.9 Å². The lowest BCUT2D eigenvalue weighted by Crippen LogP contribution is -2.27. The minimum absolute atomic E-state index is 0.202. The van der Waals surface area contributed by atoms with Gasteiger partial charge in [0.2, 0.25) is 0 Å². The van der Waals surface area contributed by atoms with Crippen molar-refractivity contribution in [1.29, 1.82) is 0 Å². The van der Waals surface area contributed by atoms with Crippen molar-refractivity contribution in [1.82, 2.24) is 9.78 Å². The average molecular weight is 284 g/mol. The lowest BCUT2D eigenvalue weighted by molar-refractivity contribution is 0.464. The van der Waals surface area contributed by atoms with Gasteiger partial charge in [-0.2, -0.15) is 5.10 Å². The Bertz CT molecular complexity index is 498. The van der Waals surface area contributed by atoms with Crippen molar-refractivity contribution in [3.05, 3.63) is 21.6 Å². The molecule has 0 saturated heterocycles. The van der Waals surface area contributed by atoms with Crippen LogP contribution in [0.25, 0.3) is 0 Å². The van der Waals surface area contributed by atoms with Gasteiger partial charge in [0.15, 0.2) is 0 Å². The van der Waals surface area contributed by atoms with Gasteiger partial charge in [-0.05, 0) is 31.1 Å². The van der Waals surface area contributed by atoms with Crippen molar-refractivity contribution in [3.8, 4) is 0 Å². The summed E-state index contributed by atoms with van der Waals surface area (Å²) < 4.78 is 1.44. The van der Waals surface area contributed by atoms with Gasteiger partial charge in [-0.1, -0.05) is 32.4 Å². The zero-order valence-corrected chi connectivity index (χ0v) is 12.6. The molecule has 19 heavy (non-hydrogen) atoms. The summed E-state index contributed by atoms with van der Waals surface area (Å²) in [6.45, 7) is 6.95. The van der Waals surface area contributed by atoms with E-state index in [0.717, 1.165) is 18.8 Å². The van der Waals surface area contributed by atoms with Crippen molar-refractivity contribution >= 4 is 17.3 Å². The van der Waals surface area contributed by atoms with Gasteiger partial charge < -0.3 is 5.32 Å².